The van der Waals surface area contributed by atoms with E-state index in [1.54, 1.807) is 11.3 Å². The third kappa shape index (κ3) is 4.99. The summed E-state index contributed by atoms with van der Waals surface area (Å²) in [5.41, 5.74) is 0. The number of thiophene rings is 1. The van der Waals surface area contributed by atoms with E-state index in [1.807, 2.05) is 14.0 Å². The number of rotatable bonds is 7. The van der Waals surface area contributed by atoms with Gasteiger partial charge in [-0.3, -0.25) is 0 Å². The average molecular weight is 328 g/mol. The van der Waals surface area contributed by atoms with Crippen LogP contribution in [0.3, 0.4) is 0 Å². The monoisotopic (exact) mass is 327 g/mol. The second kappa shape index (κ2) is 7.41. The van der Waals surface area contributed by atoms with Crippen LogP contribution in [0.25, 0.3) is 0 Å². The van der Waals surface area contributed by atoms with Crippen molar-refractivity contribution in [3.05, 3.63) is 20.3 Å². The number of nitrogens with one attached hydrogen (secondary N) is 1. The minimum atomic E-state index is -2.39. The molecule has 0 spiro atoms. The zero-order valence-electron chi connectivity index (χ0n) is 9.80. The predicted molar refractivity (Wildman–Crippen MR) is 70.0 cm³/mol. The molecule has 1 heterocycles. The van der Waals surface area contributed by atoms with Gasteiger partial charge < -0.3 is 10.1 Å². The SMILES string of the molecule is CNC(CCOCC(F)F)c1cc(Br)c(C)s1. The second-order valence-electron chi connectivity index (χ2n) is 3.65. The summed E-state index contributed by atoms with van der Waals surface area (Å²) in [6.07, 6.45) is -1.70. The fraction of sp³-hybridized carbons (Fsp3) is 0.636. The molecule has 0 amide bonds. The summed E-state index contributed by atoms with van der Waals surface area (Å²) in [4.78, 5) is 2.41. The zero-order chi connectivity index (χ0) is 12.8. The van der Waals surface area contributed by atoms with Crippen molar-refractivity contribution in [3.63, 3.8) is 0 Å². The highest BCUT2D eigenvalue weighted by Crippen LogP contribution is 2.31. The van der Waals surface area contributed by atoms with Crippen molar-refractivity contribution >= 4 is 27.3 Å². The maximum absolute atomic E-state index is 11.9. The number of hydrogen-bond acceptors (Lipinski definition) is 3. The Hall–Kier alpha value is -0.0400. The normalized spacial score (nSPS) is 13.3. The van der Waals surface area contributed by atoms with E-state index in [0.717, 1.165) is 4.47 Å². The lowest BCUT2D eigenvalue weighted by Crippen LogP contribution is -2.18. The van der Waals surface area contributed by atoms with Gasteiger partial charge in [0.15, 0.2) is 0 Å². The number of hydrogen-bond donors (Lipinski definition) is 1. The smallest absolute Gasteiger partial charge is 0.261 e. The summed E-state index contributed by atoms with van der Waals surface area (Å²) in [5, 5.41) is 3.17. The standard InChI is InChI=1S/C11H16BrF2NOS/c1-7-8(12)5-10(17-7)9(15-2)3-4-16-6-11(13)14/h5,9,11,15H,3-4,6H2,1-2H3. The van der Waals surface area contributed by atoms with Gasteiger partial charge in [0, 0.05) is 26.9 Å². The lowest BCUT2D eigenvalue weighted by atomic mass is 10.2. The van der Waals surface area contributed by atoms with Gasteiger partial charge in [-0.15, -0.1) is 11.3 Å². The number of aryl methyl sites for hydroxylation is 1. The van der Waals surface area contributed by atoms with E-state index in [2.05, 4.69) is 27.3 Å². The molecule has 0 bridgehead atoms. The highest BCUT2D eigenvalue weighted by atomic mass is 79.9. The molecular weight excluding hydrogens is 312 g/mol. The largest absolute Gasteiger partial charge is 0.375 e. The Balaban J connectivity index is 2.43. The molecule has 6 heteroatoms. The molecule has 0 saturated heterocycles. The quantitative estimate of drug-likeness (QED) is 0.770. The van der Waals surface area contributed by atoms with E-state index >= 15 is 0 Å². The molecule has 98 valence electrons. The predicted octanol–water partition coefficient (Wildman–Crippen LogP) is 3.75. The van der Waals surface area contributed by atoms with E-state index < -0.39 is 13.0 Å². The zero-order valence-corrected chi connectivity index (χ0v) is 12.2. The van der Waals surface area contributed by atoms with Crippen molar-refractivity contribution in [2.75, 3.05) is 20.3 Å². The highest BCUT2D eigenvalue weighted by molar-refractivity contribution is 9.10. The van der Waals surface area contributed by atoms with Crippen LogP contribution in [0.5, 0.6) is 0 Å². The van der Waals surface area contributed by atoms with Crippen LogP contribution in [-0.2, 0) is 4.74 Å². The van der Waals surface area contributed by atoms with Crippen LogP contribution in [0.15, 0.2) is 10.5 Å². The van der Waals surface area contributed by atoms with Gasteiger partial charge in [-0.2, -0.15) is 0 Å². The summed E-state index contributed by atoms with van der Waals surface area (Å²) >= 11 is 5.16. The lowest BCUT2D eigenvalue weighted by molar-refractivity contribution is 0.0146. The van der Waals surface area contributed by atoms with Crippen LogP contribution in [0.2, 0.25) is 0 Å². The summed E-state index contributed by atoms with van der Waals surface area (Å²) < 4.78 is 29.7. The molecule has 1 aromatic rings. The first-order valence-electron chi connectivity index (χ1n) is 5.33. The Morgan fingerprint density at radius 3 is 2.71 bits per heavy atom. The molecule has 1 unspecified atom stereocenters. The Bertz CT molecular complexity index is 327. The first-order valence-corrected chi connectivity index (χ1v) is 6.94. The van der Waals surface area contributed by atoms with Gasteiger partial charge in [-0.05, 0) is 42.4 Å². The molecule has 0 radical (unpaired) electrons. The molecule has 0 aliphatic carbocycles. The molecule has 0 aliphatic rings. The first kappa shape index (κ1) is 15.0. The number of alkyl halides is 2. The molecule has 2 nitrogen and oxygen atoms in total. The van der Waals surface area contributed by atoms with Gasteiger partial charge in [0.2, 0.25) is 0 Å². The summed E-state index contributed by atoms with van der Waals surface area (Å²) in [7, 11) is 1.86. The van der Waals surface area contributed by atoms with Crippen LogP contribution < -0.4 is 5.32 Å². The van der Waals surface area contributed by atoms with Crippen LogP contribution >= 0.6 is 27.3 Å². The molecule has 17 heavy (non-hydrogen) atoms. The molecule has 0 fully saturated rings. The first-order chi connectivity index (χ1) is 8.04. The van der Waals surface area contributed by atoms with E-state index in [0.29, 0.717) is 13.0 Å². The summed E-state index contributed by atoms with van der Waals surface area (Å²) in [6.45, 7) is 1.90. The van der Waals surface area contributed by atoms with Crippen LogP contribution in [0.1, 0.15) is 22.2 Å². The fourth-order valence-corrected chi connectivity index (χ4v) is 3.16. The van der Waals surface area contributed by atoms with Crippen molar-refractivity contribution < 1.29 is 13.5 Å². The molecule has 1 rings (SSSR count). The van der Waals surface area contributed by atoms with E-state index in [1.165, 1.54) is 9.75 Å². The molecule has 0 saturated carbocycles. The number of ether oxygens (including phenoxy) is 1. The molecular formula is C11H16BrF2NOS. The summed E-state index contributed by atoms with van der Waals surface area (Å²) in [6, 6.07) is 2.22. The Morgan fingerprint density at radius 2 is 2.24 bits per heavy atom. The second-order valence-corrected chi connectivity index (χ2v) is 5.79. The van der Waals surface area contributed by atoms with Gasteiger partial charge in [0.1, 0.15) is 6.61 Å². The van der Waals surface area contributed by atoms with Crippen molar-refractivity contribution in [2.24, 2.45) is 0 Å². The maximum atomic E-state index is 11.9. The van der Waals surface area contributed by atoms with Crippen molar-refractivity contribution in [1.82, 2.24) is 5.32 Å². The van der Waals surface area contributed by atoms with Gasteiger partial charge in [0.05, 0.1) is 0 Å². The number of halogens is 3. The van der Waals surface area contributed by atoms with Gasteiger partial charge in [-0.1, -0.05) is 0 Å². The highest BCUT2D eigenvalue weighted by Gasteiger charge is 2.13. The van der Waals surface area contributed by atoms with Crippen molar-refractivity contribution in [1.29, 1.82) is 0 Å². The molecule has 1 N–H and O–H groups in total. The van der Waals surface area contributed by atoms with E-state index in [-0.39, 0.29) is 6.04 Å². The van der Waals surface area contributed by atoms with Gasteiger partial charge >= 0.3 is 0 Å². The third-order valence-electron chi connectivity index (χ3n) is 2.36. The Labute approximate surface area is 112 Å². The Kier molecular flexibility index (Phi) is 6.54. The van der Waals surface area contributed by atoms with Gasteiger partial charge in [-0.25, -0.2) is 8.78 Å². The minimum absolute atomic E-state index is 0.155. The topological polar surface area (TPSA) is 21.3 Å². The summed E-state index contributed by atoms with van der Waals surface area (Å²) in [5.74, 6) is 0. The molecule has 1 aromatic heterocycles. The van der Waals surface area contributed by atoms with Crippen molar-refractivity contribution in [2.45, 2.75) is 25.8 Å². The fourth-order valence-electron chi connectivity index (χ4n) is 1.46. The van der Waals surface area contributed by atoms with Crippen LogP contribution in [-0.4, -0.2) is 26.7 Å². The van der Waals surface area contributed by atoms with E-state index in [4.69, 9.17) is 4.74 Å². The molecule has 1 atom stereocenters. The minimum Gasteiger partial charge on any atom is -0.375 e. The van der Waals surface area contributed by atoms with Crippen LogP contribution in [0.4, 0.5) is 8.78 Å². The van der Waals surface area contributed by atoms with Gasteiger partial charge in [0.25, 0.3) is 6.43 Å². The van der Waals surface area contributed by atoms with Crippen molar-refractivity contribution in [3.8, 4) is 0 Å². The Morgan fingerprint density at radius 1 is 1.53 bits per heavy atom. The third-order valence-corrected chi connectivity index (χ3v) is 4.61. The lowest BCUT2D eigenvalue weighted by Gasteiger charge is -2.14. The molecule has 0 aromatic carbocycles. The van der Waals surface area contributed by atoms with E-state index in [9.17, 15) is 8.78 Å². The van der Waals surface area contributed by atoms with Crippen LogP contribution in [0, 0.1) is 6.92 Å². The maximum Gasteiger partial charge on any atom is 0.261 e. The molecule has 0 aliphatic heterocycles. The average Bonchev–Trinajstić information content (AvgIpc) is 2.59.